The zero-order valence-electron chi connectivity index (χ0n) is 15.8. The molecule has 0 spiro atoms. The summed E-state index contributed by atoms with van der Waals surface area (Å²) in [4.78, 5) is 12.9. The predicted octanol–water partition coefficient (Wildman–Crippen LogP) is 5.24. The van der Waals surface area contributed by atoms with E-state index in [1.807, 2.05) is 0 Å². The van der Waals surface area contributed by atoms with Crippen LogP contribution < -0.4 is 14.4 Å². The summed E-state index contributed by atoms with van der Waals surface area (Å²) in [5.74, 6) is -0.264. The fourth-order valence-electron chi connectivity index (χ4n) is 3.15. The number of rotatable bonds is 4. The fraction of sp³-hybridized carbons (Fsp3) is 0.0952. The lowest BCUT2D eigenvalue weighted by Crippen LogP contribution is -2.48. The molecule has 3 aromatic carbocycles. The van der Waals surface area contributed by atoms with Crippen molar-refractivity contribution in [3.8, 4) is 5.75 Å². The molecule has 4 rings (SSSR count). The SMILES string of the molecule is O=C(Nc1cc(Cl)cc(Cl)c1)C1CN(S(=O)(=O)c2ccc(Cl)cc2)c2ccccc2O1. The van der Waals surface area contributed by atoms with Gasteiger partial charge in [0.05, 0.1) is 17.1 Å². The third kappa shape index (κ3) is 4.60. The van der Waals surface area contributed by atoms with Crippen LogP contribution in [0.15, 0.2) is 71.6 Å². The first-order valence-corrected chi connectivity index (χ1v) is 11.6. The molecule has 1 atom stereocenters. The number of carbonyl (C=O) groups is 1. The Morgan fingerprint density at radius 1 is 0.935 bits per heavy atom. The van der Waals surface area contributed by atoms with Crippen molar-refractivity contribution in [2.45, 2.75) is 11.0 Å². The van der Waals surface area contributed by atoms with Gasteiger partial charge in [-0.15, -0.1) is 0 Å². The molecule has 0 aromatic heterocycles. The van der Waals surface area contributed by atoms with Crippen molar-refractivity contribution in [3.05, 3.63) is 81.8 Å². The van der Waals surface area contributed by atoms with Crippen molar-refractivity contribution in [2.24, 2.45) is 0 Å². The van der Waals surface area contributed by atoms with Gasteiger partial charge in [0.1, 0.15) is 5.75 Å². The maximum atomic E-state index is 13.3. The Morgan fingerprint density at radius 2 is 1.58 bits per heavy atom. The van der Waals surface area contributed by atoms with Crippen LogP contribution in [0.2, 0.25) is 15.1 Å². The number of nitrogens with one attached hydrogen (secondary N) is 1. The Morgan fingerprint density at radius 3 is 2.26 bits per heavy atom. The minimum absolute atomic E-state index is 0.0504. The normalized spacial score (nSPS) is 15.7. The average molecular weight is 498 g/mol. The molecule has 1 aliphatic rings. The third-order valence-electron chi connectivity index (χ3n) is 4.56. The topological polar surface area (TPSA) is 75.7 Å². The van der Waals surface area contributed by atoms with Gasteiger partial charge in [-0.1, -0.05) is 46.9 Å². The summed E-state index contributed by atoms with van der Waals surface area (Å²) in [6.07, 6.45) is -1.10. The quantitative estimate of drug-likeness (QED) is 0.535. The van der Waals surface area contributed by atoms with E-state index in [4.69, 9.17) is 39.5 Å². The van der Waals surface area contributed by atoms with Gasteiger partial charge >= 0.3 is 0 Å². The summed E-state index contributed by atoms with van der Waals surface area (Å²) in [6.45, 7) is -0.220. The monoisotopic (exact) mass is 496 g/mol. The fourth-order valence-corrected chi connectivity index (χ4v) is 5.28. The van der Waals surface area contributed by atoms with Gasteiger partial charge in [0.25, 0.3) is 15.9 Å². The van der Waals surface area contributed by atoms with Crippen molar-refractivity contribution >= 4 is 62.1 Å². The molecule has 1 unspecified atom stereocenters. The summed E-state index contributed by atoms with van der Waals surface area (Å²) < 4.78 is 33.6. The number of nitrogens with zero attached hydrogens (tertiary/aromatic N) is 1. The van der Waals surface area contributed by atoms with Crippen LogP contribution in [-0.2, 0) is 14.8 Å². The molecule has 1 aliphatic heterocycles. The highest BCUT2D eigenvalue weighted by atomic mass is 35.5. The second-order valence-electron chi connectivity index (χ2n) is 6.71. The van der Waals surface area contributed by atoms with E-state index in [2.05, 4.69) is 5.32 Å². The molecular formula is C21H15Cl3N2O4S. The van der Waals surface area contributed by atoms with Gasteiger partial charge in [-0.2, -0.15) is 0 Å². The Labute approximate surface area is 194 Å². The lowest BCUT2D eigenvalue weighted by molar-refractivity contribution is -0.122. The summed E-state index contributed by atoms with van der Waals surface area (Å²) >= 11 is 17.9. The zero-order chi connectivity index (χ0) is 22.2. The van der Waals surface area contributed by atoms with E-state index >= 15 is 0 Å². The Kier molecular flexibility index (Phi) is 6.03. The maximum Gasteiger partial charge on any atom is 0.267 e. The van der Waals surface area contributed by atoms with Crippen LogP contribution in [0.4, 0.5) is 11.4 Å². The number of carbonyl (C=O) groups excluding carboxylic acids is 1. The van der Waals surface area contributed by atoms with Crippen LogP contribution in [0.5, 0.6) is 5.75 Å². The molecule has 160 valence electrons. The molecule has 0 saturated heterocycles. The first kappa shape index (κ1) is 21.8. The molecular weight excluding hydrogens is 483 g/mol. The van der Waals surface area contributed by atoms with Crippen molar-refractivity contribution in [1.29, 1.82) is 0 Å². The maximum absolute atomic E-state index is 13.3. The molecule has 0 aliphatic carbocycles. The smallest absolute Gasteiger partial charge is 0.267 e. The highest BCUT2D eigenvalue weighted by Crippen LogP contribution is 2.37. The molecule has 0 radical (unpaired) electrons. The Balaban J connectivity index is 1.67. The lowest BCUT2D eigenvalue weighted by atomic mass is 10.2. The molecule has 6 nitrogen and oxygen atoms in total. The average Bonchev–Trinajstić information content (AvgIpc) is 2.72. The van der Waals surface area contributed by atoms with Crippen molar-refractivity contribution < 1.29 is 17.9 Å². The number of benzene rings is 3. The van der Waals surface area contributed by atoms with Crippen LogP contribution in [0.3, 0.4) is 0 Å². The van der Waals surface area contributed by atoms with E-state index in [1.54, 1.807) is 24.3 Å². The Hall–Kier alpha value is -2.45. The summed E-state index contributed by atoms with van der Waals surface area (Å²) in [5.41, 5.74) is 0.712. The lowest BCUT2D eigenvalue weighted by Gasteiger charge is -2.34. The number of fused-ring (bicyclic) bond motifs is 1. The molecule has 1 N–H and O–H groups in total. The summed E-state index contributed by atoms with van der Waals surface area (Å²) in [7, 11) is -3.97. The molecule has 31 heavy (non-hydrogen) atoms. The number of ether oxygens (including phenoxy) is 1. The number of hydrogen-bond donors (Lipinski definition) is 1. The third-order valence-corrected chi connectivity index (χ3v) is 7.04. The van der Waals surface area contributed by atoms with Gasteiger partial charge in [0.2, 0.25) is 0 Å². The molecule has 10 heteroatoms. The van der Waals surface area contributed by atoms with Crippen molar-refractivity contribution in [3.63, 3.8) is 0 Å². The second kappa shape index (κ2) is 8.59. The zero-order valence-corrected chi connectivity index (χ0v) is 18.8. The second-order valence-corrected chi connectivity index (χ2v) is 9.88. The van der Waals surface area contributed by atoms with E-state index in [9.17, 15) is 13.2 Å². The first-order chi connectivity index (χ1) is 14.7. The van der Waals surface area contributed by atoms with Gasteiger partial charge < -0.3 is 10.1 Å². The van der Waals surface area contributed by atoms with Crippen molar-refractivity contribution in [2.75, 3.05) is 16.2 Å². The Bertz CT molecular complexity index is 1230. The number of hydrogen-bond acceptors (Lipinski definition) is 4. The molecule has 1 amide bonds. The standard InChI is InChI=1S/C21H15Cl3N2O4S/c22-13-5-7-17(8-6-13)31(28,29)26-12-20(30-19-4-2-1-3-18(19)26)21(27)25-16-10-14(23)9-15(24)11-16/h1-11,20H,12H2,(H,25,27). The highest BCUT2D eigenvalue weighted by molar-refractivity contribution is 7.92. The minimum atomic E-state index is -3.97. The molecule has 0 bridgehead atoms. The molecule has 1 heterocycles. The number of amides is 1. The number of halogens is 3. The van der Waals surface area contributed by atoms with E-state index < -0.39 is 22.0 Å². The number of sulfonamides is 1. The predicted molar refractivity (Wildman–Crippen MR) is 122 cm³/mol. The largest absolute Gasteiger partial charge is 0.476 e. The van der Waals surface area contributed by atoms with Gasteiger partial charge in [-0.3, -0.25) is 9.10 Å². The highest BCUT2D eigenvalue weighted by Gasteiger charge is 2.37. The first-order valence-electron chi connectivity index (χ1n) is 9.05. The summed E-state index contributed by atoms with van der Waals surface area (Å²) in [5, 5.41) is 3.79. The minimum Gasteiger partial charge on any atom is -0.476 e. The van der Waals surface area contributed by atoms with Crippen LogP contribution >= 0.6 is 34.8 Å². The number of para-hydroxylation sites is 2. The van der Waals surface area contributed by atoms with Gasteiger partial charge in [0, 0.05) is 20.8 Å². The van der Waals surface area contributed by atoms with Gasteiger partial charge in [-0.25, -0.2) is 8.42 Å². The van der Waals surface area contributed by atoms with Crippen LogP contribution in [-0.4, -0.2) is 27.0 Å². The summed E-state index contributed by atoms with van der Waals surface area (Å²) in [6, 6.07) is 17.0. The molecule has 0 fully saturated rings. The molecule has 0 saturated carbocycles. The van der Waals surface area contributed by atoms with E-state index in [-0.39, 0.29) is 17.2 Å². The number of anilines is 2. The van der Waals surface area contributed by atoms with Crippen LogP contribution in [0.1, 0.15) is 0 Å². The van der Waals surface area contributed by atoms with E-state index in [1.165, 1.54) is 42.5 Å². The van der Waals surface area contributed by atoms with E-state index in [0.29, 0.717) is 26.4 Å². The van der Waals surface area contributed by atoms with Crippen molar-refractivity contribution in [1.82, 2.24) is 0 Å². The van der Waals surface area contributed by atoms with Crippen LogP contribution in [0, 0.1) is 0 Å². The van der Waals surface area contributed by atoms with Crippen LogP contribution in [0.25, 0.3) is 0 Å². The van der Waals surface area contributed by atoms with Gasteiger partial charge in [-0.05, 0) is 54.6 Å². The molecule has 3 aromatic rings. The van der Waals surface area contributed by atoms with Gasteiger partial charge in [0.15, 0.2) is 6.10 Å². The van der Waals surface area contributed by atoms with E-state index in [0.717, 1.165) is 4.31 Å².